The van der Waals surface area contributed by atoms with Crippen LogP contribution in [0.1, 0.15) is 62.0 Å². The van der Waals surface area contributed by atoms with Crippen molar-refractivity contribution in [2.75, 3.05) is 65.6 Å². The van der Waals surface area contributed by atoms with Crippen molar-refractivity contribution in [2.24, 2.45) is 29.1 Å². The van der Waals surface area contributed by atoms with Gasteiger partial charge in [0.2, 0.25) is 5.91 Å². The fourth-order valence-corrected chi connectivity index (χ4v) is 10.3. The summed E-state index contributed by atoms with van der Waals surface area (Å²) in [6.07, 6.45) is 0.979. The van der Waals surface area contributed by atoms with Crippen LogP contribution >= 0.6 is 0 Å². The monoisotopic (exact) mass is 829 g/mol. The lowest BCUT2D eigenvalue weighted by atomic mass is 9.45. The first kappa shape index (κ1) is 45.4. The number of benzene rings is 3. The number of rotatable bonds is 19. The van der Waals surface area contributed by atoms with Crippen molar-refractivity contribution in [2.45, 2.75) is 83.8 Å². The molecule has 9 atom stereocenters. The number of likely N-dealkylation sites (N-methyl/N-ethyl adjacent to an activating group) is 1. The summed E-state index contributed by atoms with van der Waals surface area (Å²) in [7, 11) is 5.51. The van der Waals surface area contributed by atoms with Crippen molar-refractivity contribution < 1.29 is 39.6 Å². The van der Waals surface area contributed by atoms with Gasteiger partial charge < -0.3 is 45.6 Å². The quantitative estimate of drug-likeness (QED) is 0.104. The molecule has 60 heavy (non-hydrogen) atoms. The van der Waals surface area contributed by atoms with Gasteiger partial charge in [0.1, 0.15) is 17.9 Å². The SMILES string of the molecule is COc1c(CN2O[C@@H](CO)[C@H]([C@H](C)O)[C@H]2C(=O)N[C@H]2C[C@H]3C[C@@H]([C@@H]2C)C3(C)C)cccc1-c1cc(C(=O)N[C@@H](Cc2ccccc2)CN(C)C)cc(N(CCO)CCO)c1. The van der Waals surface area contributed by atoms with Crippen molar-refractivity contribution in [1.82, 2.24) is 20.6 Å². The van der Waals surface area contributed by atoms with E-state index in [1.807, 2.05) is 84.6 Å². The molecule has 0 aromatic heterocycles. The molecule has 6 N–H and O–H groups in total. The molecule has 1 aliphatic heterocycles. The number of hydroxylamine groups is 2. The van der Waals surface area contributed by atoms with Crippen LogP contribution in [0.2, 0.25) is 0 Å². The van der Waals surface area contributed by atoms with Crippen molar-refractivity contribution in [3.05, 3.63) is 83.4 Å². The van der Waals surface area contributed by atoms with E-state index < -0.39 is 24.2 Å². The van der Waals surface area contributed by atoms with Gasteiger partial charge in [-0.05, 0) is 92.8 Å². The van der Waals surface area contributed by atoms with Crippen LogP contribution in [0.4, 0.5) is 5.69 Å². The Morgan fingerprint density at radius 1 is 1.00 bits per heavy atom. The van der Waals surface area contributed by atoms with Crippen LogP contribution in [0.3, 0.4) is 0 Å². The zero-order chi connectivity index (χ0) is 43.3. The first-order valence-electron chi connectivity index (χ1n) is 21.5. The molecule has 3 aromatic carbocycles. The normalized spacial score (nSPS) is 25.6. The zero-order valence-corrected chi connectivity index (χ0v) is 36.4. The van der Waals surface area contributed by atoms with E-state index in [-0.39, 0.29) is 68.8 Å². The van der Waals surface area contributed by atoms with E-state index in [1.54, 1.807) is 25.2 Å². The Bertz CT molecular complexity index is 1900. The molecule has 1 heterocycles. The van der Waals surface area contributed by atoms with E-state index >= 15 is 0 Å². The summed E-state index contributed by atoms with van der Waals surface area (Å²) in [6.45, 7) is 9.02. The number of hydrogen-bond donors (Lipinski definition) is 6. The maximum absolute atomic E-state index is 14.4. The molecule has 13 heteroatoms. The third-order valence-corrected chi connectivity index (χ3v) is 13.5. The maximum Gasteiger partial charge on any atom is 0.251 e. The fraction of sp³-hybridized carbons (Fsp3) is 0.574. The Morgan fingerprint density at radius 3 is 2.32 bits per heavy atom. The molecule has 0 radical (unpaired) electrons. The highest BCUT2D eigenvalue weighted by molar-refractivity contribution is 5.97. The third-order valence-electron chi connectivity index (χ3n) is 13.5. The maximum atomic E-state index is 14.4. The zero-order valence-electron chi connectivity index (χ0n) is 36.4. The lowest BCUT2D eigenvalue weighted by Gasteiger charge is -2.62. The van der Waals surface area contributed by atoms with Crippen LogP contribution < -0.4 is 20.3 Å². The van der Waals surface area contributed by atoms with Gasteiger partial charge in [-0.3, -0.25) is 14.4 Å². The number of fused-ring (bicyclic) bond motifs is 2. The molecule has 2 bridgehead atoms. The first-order valence-corrected chi connectivity index (χ1v) is 21.5. The molecular weight excluding hydrogens is 763 g/mol. The molecule has 328 valence electrons. The Labute approximate surface area is 355 Å². The molecule has 4 aliphatic rings. The number of aliphatic hydroxyl groups excluding tert-OH is 4. The van der Waals surface area contributed by atoms with Crippen LogP contribution in [0.15, 0.2) is 66.7 Å². The second-order valence-corrected chi connectivity index (χ2v) is 18.1. The van der Waals surface area contributed by atoms with Gasteiger partial charge in [0.05, 0.1) is 39.6 Å². The predicted octanol–water partition coefficient (Wildman–Crippen LogP) is 3.72. The number of nitrogens with one attached hydrogen (secondary N) is 2. The topological polar surface area (TPSA) is 167 Å². The number of carbonyl (C=O) groups excluding carboxylic acids is 2. The molecule has 0 spiro atoms. The Hall–Kier alpha value is -4.08. The smallest absolute Gasteiger partial charge is 0.251 e. The largest absolute Gasteiger partial charge is 0.496 e. The number of para-hydroxylation sites is 1. The minimum atomic E-state index is -0.939. The highest BCUT2D eigenvalue weighted by Gasteiger charge is 2.57. The molecular formula is C47H67N5O8. The summed E-state index contributed by atoms with van der Waals surface area (Å²) >= 11 is 0. The molecule has 0 unspecified atom stereocenters. The Kier molecular flexibility index (Phi) is 15.0. The highest BCUT2D eigenvalue weighted by atomic mass is 16.7. The number of hydrogen-bond acceptors (Lipinski definition) is 11. The third kappa shape index (κ3) is 9.83. The van der Waals surface area contributed by atoms with E-state index in [4.69, 9.17) is 9.57 Å². The number of amides is 2. The van der Waals surface area contributed by atoms with E-state index in [9.17, 15) is 30.0 Å². The van der Waals surface area contributed by atoms with Crippen LogP contribution in [-0.2, 0) is 22.6 Å². The number of nitrogens with zero attached hydrogens (tertiary/aromatic N) is 3. The molecule has 4 fully saturated rings. The summed E-state index contributed by atoms with van der Waals surface area (Å²) in [4.78, 5) is 38.8. The Balaban J connectivity index is 1.33. The van der Waals surface area contributed by atoms with Crippen molar-refractivity contribution >= 4 is 17.5 Å². The molecule has 1 saturated heterocycles. The van der Waals surface area contributed by atoms with E-state index in [1.165, 1.54) is 6.42 Å². The summed E-state index contributed by atoms with van der Waals surface area (Å²) in [5.74, 6) is 0.682. The first-order chi connectivity index (χ1) is 28.7. The van der Waals surface area contributed by atoms with Crippen molar-refractivity contribution in [3.8, 4) is 16.9 Å². The van der Waals surface area contributed by atoms with Gasteiger partial charge in [0.15, 0.2) is 0 Å². The number of methoxy groups -OCH3 is 1. The average Bonchev–Trinajstić information content (AvgIpc) is 3.59. The fourth-order valence-electron chi connectivity index (χ4n) is 10.3. The number of ether oxygens (including phenoxy) is 1. The van der Waals surface area contributed by atoms with Crippen LogP contribution in [0, 0.1) is 29.1 Å². The number of aliphatic hydroxyl groups is 4. The second-order valence-electron chi connectivity index (χ2n) is 18.1. The van der Waals surface area contributed by atoms with Gasteiger partial charge in [0, 0.05) is 60.0 Å². The highest BCUT2D eigenvalue weighted by Crippen LogP contribution is 2.61. The van der Waals surface area contributed by atoms with Crippen LogP contribution in [-0.4, -0.2) is 133 Å². The molecule has 13 nitrogen and oxygen atoms in total. The summed E-state index contributed by atoms with van der Waals surface area (Å²) in [5.41, 5.74) is 4.44. The van der Waals surface area contributed by atoms with E-state index in [0.29, 0.717) is 64.4 Å². The van der Waals surface area contributed by atoms with Crippen molar-refractivity contribution in [3.63, 3.8) is 0 Å². The lowest BCUT2D eigenvalue weighted by molar-refractivity contribution is -0.183. The van der Waals surface area contributed by atoms with E-state index in [0.717, 1.165) is 12.0 Å². The van der Waals surface area contributed by atoms with Gasteiger partial charge in [0.25, 0.3) is 5.91 Å². The van der Waals surface area contributed by atoms with Gasteiger partial charge in [-0.2, -0.15) is 5.06 Å². The second kappa shape index (κ2) is 19.7. The predicted molar refractivity (Wildman–Crippen MR) is 232 cm³/mol. The lowest BCUT2D eigenvalue weighted by Crippen LogP contribution is -2.62. The molecule has 3 aromatic rings. The van der Waals surface area contributed by atoms with Crippen LogP contribution in [0.25, 0.3) is 11.1 Å². The summed E-state index contributed by atoms with van der Waals surface area (Å²) in [5, 5.41) is 49.6. The van der Waals surface area contributed by atoms with E-state index in [2.05, 4.69) is 31.4 Å². The number of anilines is 1. The molecule has 3 saturated carbocycles. The molecule has 3 aliphatic carbocycles. The summed E-state index contributed by atoms with van der Waals surface area (Å²) < 4.78 is 6.13. The van der Waals surface area contributed by atoms with Crippen molar-refractivity contribution in [1.29, 1.82) is 0 Å². The van der Waals surface area contributed by atoms with Gasteiger partial charge >= 0.3 is 0 Å². The average molecular weight is 830 g/mol. The minimum Gasteiger partial charge on any atom is -0.496 e. The Morgan fingerprint density at radius 2 is 1.72 bits per heavy atom. The standard InChI is InChI=1S/C47H67N5O8/c1-29-39-24-35(47(39,3)4)25-40(29)49-46(58)43-42(30(2)56)41(28-55)60-52(43)26-32-14-11-15-38(44(32)59-7)33-21-34(23-37(22-33)51(16-18-53)17-19-54)45(57)48-36(27-50(5)6)20-31-12-9-8-10-13-31/h8-15,21-23,29-30,35-36,39-43,53-56H,16-20,24-28H2,1-7H3,(H,48,57)(H,49,58)/t29-,30-,35+,36-,39-,40-,41-,42-,43-/m0/s1. The number of carbonyl (C=O) groups is 2. The van der Waals surface area contributed by atoms with Gasteiger partial charge in [-0.1, -0.05) is 69.3 Å². The minimum absolute atomic E-state index is 0.00298. The van der Waals surface area contributed by atoms with Gasteiger partial charge in [-0.25, -0.2) is 0 Å². The van der Waals surface area contributed by atoms with Gasteiger partial charge in [-0.15, -0.1) is 0 Å². The van der Waals surface area contributed by atoms with Crippen LogP contribution in [0.5, 0.6) is 5.75 Å². The molecule has 2 amide bonds. The summed E-state index contributed by atoms with van der Waals surface area (Å²) in [6, 6.07) is 20.1. The molecule has 7 rings (SSSR count).